The van der Waals surface area contributed by atoms with Crippen LogP contribution in [0.2, 0.25) is 0 Å². The van der Waals surface area contributed by atoms with Gasteiger partial charge < -0.3 is 19.6 Å². The van der Waals surface area contributed by atoms with Crippen LogP contribution < -0.4 is 5.32 Å². The minimum absolute atomic E-state index is 0.146. The number of halogens is 3. The van der Waals surface area contributed by atoms with Crippen molar-refractivity contribution in [3.05, 3.63) is 23.7 Å². The molecule has 9 heteroatoms. The number of amides is 1. The van der Waals surface area contributed by atoms with Crippen molar-refractivity contribution in [2.24, 2.45) is 0 Å². The number of ether oxygens (including phenoxy) is 1. The zero-order valence-electron chi connectivity index (χ0n) is 12.9. The molecule has 0 fully saturated rings. The maximum atomic E-state index is 13.1. The van der Waals surface area contributed by atoms with Crippen molar-refractivity contribution in [1.82, 2.24) is 5.32 Å². The number of aliphatic hydroxyl groups is 1. The molecule has 1 atom stereocenters. The van der Waals surface area contributed by atoms with Gasteiger partial charge in [0.2, 0.25) is 5.60 Å². The first-order valence-electron chi connectivity index (χ1n) is 6.76. The van der Waals surface area contributed by atoms with E-state index < -0.39 is 42.4 Å². The predicted octanol–water partition coefficient (Wildman–Crippen LogP) is 1.80. The van der Waals surface area contributed by atoms with Crippen LogP contribution in [0.3, 0.4) is 0 Å². The lowest BCUT2D eigenvalue weighted by Gasteiger charge is -2.27. The minimum Gasteiger partial charge on any atom is -0.463 e. The molecule has 130 valence electrons. The van der Waals surface area contributed by atoms with E-state index in [1.807, 2.05) is 0 Å². The first-order valence-corrected chi connectivity index (χ1v) is 6.76. The number of furan rings is 1. The Balaban J connectivity index is 2.79. The molecule has 1 rings (SSSR count). The molecule has 23 heavy (non-hydrogen) atoms. The molecule has 0 saturated carbocycles. The molecule has 1 aromatic rings. The quantitative estimate of drug-likeness (QED) is 0.773. The molecule has 1 heterocycles. The zero-order valence-corrected chi connectivity index (χ0v) is 12.9. The summed E-state index contributed by atoms with van der Waals surface area (Å²) in [5.41, 5.74) is -3.52. The maximum absolute atomic E-state index is 13.1. The molecule has 1 amide bonds. The number of hydrogen-bond donors (Lipinski definition) is 2. The molecule has 0 bridgehead atoms. The fraction of sp³-hybridized carbons (Fsp3) is 0.571. The highest BCUT2D eigenvalue weighted by Crippen LogP contribution is 2.42. The van der Waals surface area contributed by atoms with Gasteiger partial charge in [0.25, 0.3) is 5.91 Å². The summed E-state index contributed by atoms with van der Waals surface area (Å²) in [5.74, 6) is -2.70. The molecule has 0 radical (unpaired) electrons. The molecular formula is C14H18F3NO5. The second-order valence-electron chi connectivity index (χ2n) is 5.33. The number of nitrogens with one attached hydrogen (secondary N) is 1. The highest BCUT2D eigenvalue weighted by Gasteiger charge is 2.58. The van der Waals surface area contributed by atoms with Crippen molar-refractivity contribution in [3.63, 3.8) is 0 Å². The number of esters is 1. The van der Waals surface area contributed by atoms with E-state index in [1.54, 1.807) is 13.8 Å². The molecule has 0 unspecified atom stereocenters. The molecule has 0 aliphatic heterocycles. The summed E-state index contributed by atoms with van der Waals surface area (Å²) < 4.78 is 48.7. The fourth-order valence-corrected chi connectivity index (χ4v) is 1.75. The Morgan fingerprint density at radius 1 is 1.35 bits per heavy atom. The number of hydrogen-bond acceptors (Lipinski definition) is 5. The van der Waals surface area contributed by atoms with Crippen molar-refractivity contribution < 1.29 is 37.0 Å². The van der Waals surface area contributed by atoms with Crippen molar-refractivity contribution in [2.45, 2.75) is 45.0 Å². The summed E-state index contributed by atoms with van der Waals surface area (Å²) in [5, 5.41) is 12.3. The van der Waals surface area contributed by atoms with Crippen LogP contribution in [-0.4, -0.2) is 35.8 Å². The summed E-state index contributed by atoms with van der Waals surface area (Å²) >= 11 is 0. The third kappa shape index (κ3) is 4.98. The molecule has 0 aliphatic rings. The van der Waals surface area contributed by atoms with Gasteiger partial charge in [-0.1, -0.05) is 0 Å². The van der Waals surface area contributed by atoms with Crippen molar-refractivity contribution >= 4 is 11.9 Å². The van der Waals surface area contributed by atoms with E-state index >= 15 is 0 Å². The monoisotopic (exact) mass is 337 g/mol. The first-order chi connectivity index (χ1) is 10.5. The Bertz CT molecular complexity index is 567. The Morgan fingerprint density at radius 2 is 1.96 bits per heavy atom. The summed E-state index contributed by atoms with van der Waals surface area (Å²) in [6.45, 7) is 4.00. The van der Waals surface area contributed by atoms with Crippen LogP contribution in [0.5, 0.6) is 0 Å². The number of aryl methyl sites for hydroxylation is 1. The Hall–Kier alpha value is -2.03. The third-order valence-corrected chi connectivity index (χ3v) is 2.83. The summed E-state index contributed by atoms with van der Waals surface area (Å²) in [6, 6.07) is 1.95. The molecule has 0 aromatic carbocycles. The van der Waals surface area contributed by atoms with E-state index in [1.165, 1.54) is 13.0 Å². The van der Waals surface area contributed by atoms with Gasteiger partial charge in [0, 0.05) is 6.04 Å². The van der Waals surface area contributed by atoms with Crippen LogP contribution in [-0.2, 0) is 19.9 Å². The maximum Gasteiger partial charge on any atom is 0.425 e. The Morgan fingerprint density at radius 3 is 2.39 bits per heavy atom. The predicted molar refractivity (Wildman–Crippen MR) is 72.3 cm³/mol. The van der Waals surface area contributed by atoms with Gasteiger partial charge in [-0.2, -0.15) is 13.2 Å². The minimum atomic E-state index is -5.16. The van der Waals surface area contributed by atoms with Crippen molar-refractivity contribution in [3.8, 4) is 0 Å². The summed E-state index contributed by atoms with van der Waals surface area (Å²) in [7, 11) is 0. The fourth-order valence-electron chi connectivity index (χ4n) is 1.75. The normalized spacial score (nSPS) is 14.4. The Labute approximate surface area is 130 Å². The van der Waals surface area contributed by atoms with Crippen molar-refractivity contribution in [1.29, 1.82) is 0 Å². The van der Waals surface area contributed by atoms with Gasteiger partial charge in [-0.3, -0.25) is 9.59 Å². The number of rotatable bonds is 6. The van der Waals surface area contributed by atoms with Gasteiger partial charge >= 0.3 is 12.1 Å². The Kier molecular flexibility index (Phi) is 5.81. The van der Waals surface area contributed by atoms with Crippen LogP contribution in [0.4, 0.5) is 13.2 Å². The lowest BCUT2D eigenvalue weighted by atomic mass is 9.96. The van der Waals surface area contributed by atoms with E-state index in [0.29, 0.717) is 0 Å². The van der Waals surface area contributed by atoms with E-state index in [4.69, 9.17) is 4.42 Å². The van der Waals surface area contributed by atoms with E-state index in [2.05, 4.69) is 10.1 Å². The largest absolute Gasteiger partial charge is 0.463 e. The first kappa shape index (κ1) is 19.0. The average molecular weight is 337 g/mol. The van der Waals surface area contributed by atoms with Crippen LogP contribution in [0.15, 0.2) is 16.5 Å². The standard InChI is InChI=1S/C14H18F3NO5/c1-8(2)18-11(19)7-22-12(20)6-13(21,14(15,16)17)10-5-4-9(3)23-10/h4-5,8,21H,6-7H2,1-3H3,(H,18,19)/t13-/m0/s1. The lowest BCUT2D eigenvalue weighted by molar-refractivity contribution is -0.275. The van der Waals surface area contributed by atoms with Gasteiger partial charge in [0.05, 0.1) is 6.42 Å². The highest BCUT2D eigenvalue weighted by atomic mass is 19.4. The number of alkyl halides is 3. The molecule has 6 nitrogen and oxygen atoms in total. The topological polar surface area (TPSA) is 88.8 Å². The second kappa shape index (κ2) is 7.03. The average Bonchev–Trinajstić information content (AvgIpc) is 2.81. The van der Waals surface area contributed by atoms with Crippen LogP contribution in [0.25, 0.3) is 0 Å². The molecule has 2 N–H and O–H groups in total. The van der Waals surface area contributed by atoms with Gasteiger partial charge in [0.15, 0.2) is 6.61 Å². The van der Waals surface area contributed by atoms with E-state index in [-0.39, 0.29) is 11.8 Å². The summed E-state index contributed by atoms with van der Waals surface area (Å²) in [6.07, 6.45) is -6.57. The lowest BCUT2D eigenvalue weighted by Crippen LogP contribution is -2.44. The van der Waals surface area contributed by atoms with Crippen LogP contribution >= 0.6 is 0 Å². The molecular weight excluding hydrogens is 319 g/mol. The second-order valence-corrected chi connectivity index (χ2v) is 5.33. The van der Waals surface area contributed by atoms with E-state index in [9.17, 15) is 27.9 Å². The third-order valence-electron chi connectivity index (χ3n) is 2.83. The van der Waals surface area contributed by atoms with Crippen LogP contribution in [0.1, 0.15) is 31.8 Å². The molecule has 0 spiro atoms. The molecule has 0 saturated heterocycles. The van der Waals surface area contributed by atoms with E-state index in [0.717, 1.165) is 6.07 Å². The smallest absolute Gasteiger partial charge is 0.425 e. The number of carbonyl (C=O) groups is 2. The zero-order chi connectivity index (χ0) is 17.8. The van der Waals surface area contributed by atoms with Crippen LogP contribution in [0, 0.1) is 6.92 Å². The SMILES string of the molecule is Cc1ccc([C@@](O)(CC(=O)OCC(=O)NC(C)C)C(F)(F)F)o1. The summed E-state index contributed by atoms with van der Waals surface area (Å²) in [4.78, 5) is 22.9. The number of carbonyl (C=O) groups excluding carboxylic acids is 2. The van der Waals surface area contributed by atoms with Gasteiger partial charge in [-0.15, -0.1) is 0 Å². The molecule has 0 aliphatic carbocycles. The van der Waals surface area contributed by atoms with Gasteiger partial charge in [-0.25, -0.2) is 0 Å². The van der Waals surface area contributed by atoms with Gasteiger partial charge in [-0.05, 0) is 32.9 Å². The van der Waals surface area contributed by atoms with Crippen molar-refractivity contribution in [2.75, 3.05) is 6.61 Å². The van der Waals surface area contributed by atoms with Gasteiger partial charge in [0.1, 0.15) is 11.5 Å². The highest BCUT2D eigenvalue weighted by molar-refractivity contribution is 5.81. The molecule has 1 aromatic heterocycles.